The van der Waals surface area contributed by atoms with Gasteiger partial charge in [0, 0.05) is 24.8 Å². The summed E-state index contributed by atoms with van der Waals surface area (Å²) >= 11 is 4.77. The molecule has 0 saturated carbocycles. The molecule has 0 saturated heterocycles. The van der Waals surface area contributed by atoms with Gasteiger partial charge in [-0.1, -0.05) is 0 Å². The Morgan fingerprint density at radius 1 is 1.57 bits per heavy atom. The second-order valence-electron chi connectivity index (χ2n) is 2.91. The average molecular weight is 275 g/mol. The molecule has 76 valence electrons. The number of aromatic nitrogens is 1. The Bertz CT molecular complexity index is 355. The molecule has 0 spiro atoms. The Labute approximate surface area is 96.0 Å². The van der Waals surface area contributed by atoms with Gasteiger partial charge in [0.2, 0.25) is 0 Å². The van der Waals surface area contributed by atoms with Crippen LogP contribution in [0.4, 0.5) is 0 Å². The molecule has 0 radical (unpaired) electrons. The van der Waals surface area contributed by atoms with Gasteiger partial charge in [0.25, 0.3) is 5.91 Å². The number of carbonyl (C=O) groups excluding carboxylic acids is 1. The number of halogens is 1. The minimum Gasteiger partial charge on any atom is -0.345 e. The number of pyridine rings is 1. The molecule has 0 N–H and O–H groups in total. The topological polar surface area (TPSA) is 33.2 Å². The third-order valence-electron chi connectivity index (χ3n) is 1.65. The van der Waals surface area contributed by atoms with Crippen molar-refractivity contribution < 1.29 is 4.79 Å². The highest BCUT2D eigenvalue weighted by atomic mass is 79.9. The van der Waals surface area contributed by atoms with Crippen LogP contribution in [0.25, 0.3) is 0 Å². The number of carbonyl (C=O) groups is 1. The molecule has 0 atom stereocenters. The lowest BCUT2D eigenvalue weighted by molar-refractivity contribution is 0.0823. The molecule has 0 aromatic carbocycles. The van der Waals surface area contributed by atoms with Crippen molar-refractivity contribution in [2.75, 3.05) is 20.4 Å². The van der Waals surface area contributed by atoms with Gasteiger partial charge in [-0.05, 0) is 28.3 Å². The maximum Gasteiger partial charge on any atom is 0.256 e. The average Bonchev–Trinajstić information content (AvgIpc) is 2.16. The minimum atomic E-state index is -0.0249. The molecule has 0 fully saturated rings. The van der Waals surface area contributed by atoms with Gasteiger partial charge in [0.05, 0.1) is 5.56 Å². The maximum absolute atomic E-state index is 11.7. The first-order valence-corrected chi connectivity index (χ1v) is 5.99. The van der Waals surface area contributed by atoms with E-state index >= 15 is 0 Å². The van der Waals surface area contributed by atoms with Gasteiger partial charge in [-0.2, -0.15) is 0 Å². The summed E-state index contributed by atoms with van der Waals surface area (Å²) < 4.78 is 0.820. The van der Waals surface area contributed by atoms with E-state index in [0.717, 1.165) is 9.50 Å². The van der Waals surface area contributed by atoms with Crippen molar-refractivity contribution in [1.29, 1.82) is 0 Å². The van der Waals surface area contributed by atoms with Crippen LogP contribution >= 0.6 is 27.7 Å². The third kappa shape index (κ3) is 2.48. The van der Waals surface area contributed by atoms with Crippen LogP contribution in [0, 0.1) is 0 Å². The fourth-order valence-electron chi connectivity index (χ4n) is 0.984. The van der Waals surface area contributed by atoms with Crippen molar-refractivity contribution in [2.45, 2.75) is 5.03 Å². The first-order chi connectivity index (χ1) is 6.56. The fraction of sp³-hybridized carbons (Fsp3) is 0.333. The molecule has 1 aromatic rings. The quantitative estimate of drug-likeness (QED) is 0.776. The number of rotatable bonds is 2. The second kappa shape index (κ2) is 4.79. The van der Waals surface area contributed by atoms with Gasteiger partial charge >= 0.3 is 0 Å². The van der Waals surface area contributed by atoms with Gasteiger partial charge in [-0.3, -0.25) is 4.79 Å². The van der Waals surface area contributed by atoms with Crippen molar-refractivity contribution in [3.63, 3.8) is 0 Å². The zero-order valence-corrected chi connectivity index (χ0v) is 10.6. The summed E-state index contributed by atoms with van der Waals surface area (Å²) in [4.78, 5) is 17.4. The zero-order chi connectivity index (χ0) is 10.7. The second-order valence-corrected chi connectivity index (χ2v) is 4.62. The molecule has 3 nitrogen and oxygen atoms in total. The summed E-state index contributed by atoms with van der Waals surface area (Å²) in [6, 6.07) is 1.79. The van der Waals surface area contributed by atoms with E-state index < -0.39 is 0 Å². The third-order valence-corrected chi connectivity index (χ3v) is 2.79. The van der Waals surface area contributed by atoms with E-state index in [4.69, 9.17) is 0 Å². The predicted octanol–water partition coefficient (Wildman–Crippen LogP) is 2.27. The summed E-state index contributed by atoms with van der Waals surface area (Å²) in [7, 11) is 3.46. The van der Waals surface area contributed by atoms with Crippen LogP contribution < -0.4 is 0 Å². The molecule has 0 aliphatic rings. The van der Waals surface area contributed by atoms with Crippen molar-refractivity contribution in [2.24, 2.45) is 0 Å². The minimum absolute atomic E-state index is 0.0249. The summed E-state index contributed by atoms with van der Waals surface area (Å²) in [5.41, 5.74) is 0.636. The Morgan fingerprint density at radius 2 is 2.21 bits per heavy atom. The Morgan fingerprint density at radius 3 is 2.71 bits per heavy atom. The normalized spacial score (nSPS) is 10.0. The first-order valence-electron chi connectivity index (χ1n) is 3.97. The summed E-state index contributed by atoms with van der Waals surface area (Å²) in [5.74, 6) is -0.0249. The standard InChI is InChI=1S/C9H11BrN2OS/c1-12(2)9(13)7-4-6(10)5-11-8(7)14-3/h4-5H,1-3H3. The Kier molecular flexibility index (Phi) is 3.95. The molecule has 1 heterocycles. The summed E-state index contributed by atoms with van der Waals surface area (Å²) in [6.45, 7) is 0. The Hall–Kier alpha value is -0.550. The molecular weight excluding hydrogens is 264 g/mol. The van der Waals surface area contributed by atoms with Crippen LogP contribution in [-0.2, 0) is 0 Å². The van der Waals surface area contributed by atoms with Crippen molar-refractivity contribution in [1.82, 2.24) is 9.88 Å². The van der Waals surface area contributed by atoms with Crippen LogP contribution in [0.3, 0.4) is 0 Å². The SMILES string of the molecule is CSc1ncc(Br)cc1C(=O)N(C)C. The predicted molar refractivity (Wildman–Crippen MR) is 61.7 cm³/mol. The lowest BCUT2D eigenvalue weighted by Gasteiger charge is -2.12. The van der Waals surface area contributed by atoms with Gasteiger partial charge in [-0.25, -0.2) is 4.98 Å². The molecule has 14 heavy (non-hydrogen) atoms. The highest BCUT2D eigenvalue weighted by molar-refractivity contribution is 9.10. The monoisotopic (exact) mass is 274 g/mol. The first kappa shape index (κ1) is 11.5. The number of hydrogen-bond acceptors (Lipinski definition) is 3. The highest BCUT2D eigenvalue weighted by Gasteiger charge is 2.14. The van der Waals surface area contributed by atoms with Crippen LogP contribution in [0.2, 0.25) is 0 Å². The van der Waals surface area contributed by atoms with Crippen molar-refractivity contribution in [3.05, 3.63) is 22.3 Å². The highest BCUT2D eigenvalue weighted by Crippen LogP contribution is 2.21. The van der Waals surface area contributed by atoms with Crippen molar-refractivity contribution >= 4 is 33.6 Å². The lowest BCUT2D eigenvalue weighted by Crippen LogP contribution is -2.22. The molecule has 5 heteroatoms. The van der Waals surface area contributed by atoms with E-state index in [0.29, 0.717) is 5.56 Å². The molecule has 0 bridgehead atoms. The summed E-state index contributed by atoms with van der Waals surface area (Å²) in [6.07, 6.45) is 3.60. The number of nitrogens with zero attached hydrogens (tertiary/aromatic N) is 2. The van der Waals surface area contributed by atoms with Crippen LogP contribution in [0.1, 0.15) is 10.4 Å². The van der Waals surface area contributed by atoms with E-state index in [-0.39, 0.29) is 5.91 Å². The Balaban J connectivity index is 3.17. The number of thioether (sulfide) groups is 1. The number of hydrogen-bond donors (Lipinski definition) is 0. The van der Waals surface area contributed by atoms with Crippen molar-refractivity contribution in [3.8, 4) is 0 Å². The number of amides is 1. The van der Waals surface area contributed by atoms with E-state index in [1.165, 1.54) is 11.8 Å². The van der Waals surface area contributed by atoms with E-state index in [1.54, 1.807) is 31.3 Å². The van der Waals surface area contributed by atoms with E-state index in [2.05, 4.69) is 20.9 Å². The van der Waals surface area contributed by atoms with Crippen LogP contribution in [0.15, 0.2) is 21.8 Å². The van der Waals surface area contributed by atoms with E-state index in [9.17, 15) is 4.79 Å². The molecule has 0 aliphatic heterocycles. The van der Waals surface area contributed by atoms with Crippen LogP contribution in [0.5, 0.6) is 0 Å². The molecule has 1 amide bonds. The van der Waals surface area contributed by atoms with Crippen LogP contribution in [-0.4, -0.2) is 36.1 Å². The van der Waals surface area contributed by atoms with Gasteiger partial charge in [-0.15, -0.1) is 11.8 Å². The zero-order valence-electron chi connectivity index (χ0n) is 8.24. The van der Waals surface area contributed by atoms with Gasteiger partial charge in [0.15, 0.2) is 0 Å². The molecule has 1 aromatic heterocycles. The largest absolute Gasteiger partial charge is 0.345 e. The fourth-order valence-corrected chi connectivity index (χ4v) is 1.84. The smallest absolute Gasteiger partial charge is 0.256 e. The van der Waals surface area contributed by atoms with E-state index in [1.807, 2.05) is 6.26 Å². The summed E-state index contributed by atoms with van der Waals surface area (Å²) in [5, 5.41) is 0.756. The maximum atomic E-state index is 11.7. The molecule has 0 unspecified atom stereocenters. The van der Waals surface area contributed by atoms with Gasteiger partial charge in [0.1, 0.15) is 5.03 Å². The molecular formula is C9H11BrN2OS. The molecule has 1 rings (SSSR count). The molecule has 0 aliphatic carbocycles. The van der Waals surface area contributed by atoms with Gasteiger partial charge < -0.3 is 4.90 Å². The lowest BCUT2D eigenvalue weighted by atomic mass is 10.2.